The second-order valence-electron chi connectivity index (χ2n) is 14.9. The molecule has 60 heavy (non-hydrogen) atoms. The average Bonchev–Trinajstić information content (AvgIpc) is 3.32. The van der Waals surface area contributed by atoms with Crippen LogP contribution in [-0.2, 0) is 5.60 Å². The van der Waals surface area contributed by atoms with Gasteiger partial charge in [-0.25, -0.2) is 0 Å². The van der Waals surface area contributed by atoms with Crippen molar-refractivity contribution < 1.29 is 5.11 Å². The van der Waals surface area contributed by atoms with E-state index < -0.39 is 5.60 Å². The van der Waals surface area contributed by atoms with Gasteiger partial charge in [0.05, 0.1) is 0 Å². The van der Waals surface area contributed by atoms with Gasteiger partial charge in [-0.15, -0.1) is 0 Å². The number of benzene rings is 8. The van der Waals surface area contributed by atoms with Gasteiger partial charge in [-0.1, -0.05) is 180 Å². The van der Waals surface area contributed by atoms with E-state index in [-0.39, 0.29) is 6.42 Å². The predicted molar refractivity (Wildman–Crippen MR) is 255 cm³/mol. The Morgan fingerprint density at radius 1 is 0.417 bits per heavy atom. The summed E-state index contributed by atoms with van der Waals surface area (Å²) >= 11 is 3.87. The van der Waals surface area contributed by atoms with E-state index in [9.17, 15) is 5.11 Å². The van der Waals surface area contributed by atoms with Crippen LogP contribution in [0.4, 0.5) is 28.4 Å². The molecule has 1 atom stereocenters. The Morgan fingerprint density at radius 3 is 1.43 bits per heavy atom. The first-order chi connectivity index (χ1) is 29.5. The summed E-state index contributed by atoms with van der Waals surface area (Å²) in [6.07, 6.45) is 6.65. The lowest BCUT2D eigenvalue weighted by Crippen LogP contribution is -2.29. The standard InChI is InChI=1S/C56H43BrN2O/c1-41-34-35-46(58(42-20-6-2-7-21-42)43-22-8-3-9-23-43)38-39-56(60,53-32-18-16-30-50(53)52-31-17-19-33-55(52)57)54-40-47(36-37-51(54)49-29-15-14-28-48(41)49)59(44-24-10-4-11-25-44)45-26-12-5-13-27-45/h2-38,40,60H,1,39H2/b35-34-,46-38+. The van der Waals surface area contributed by atoms with Crippen LogP contribution in [0.3, 0.4) is 0 Å². The van der Waals surface area contributed by atoms with Crippen LogP contribution in [0.1, 0.15) is 23.1 Å². The number of halogens is 1. The Morgan fingerprint density at radius 2 is 0.867 bits per heavy atom. The summed E-state index contributed by atoms with van der Waals surface area (Å²) in [7, 11) is 0. The molecule has 9 rings (SSSR count). The molecular formula is C56H43BrN2O. The zero-order valence-corrected chi connectivity index (χ0v) is 34.7. The van der Waals surface area contributed by atoms with Crippen molar-refractivity contribution in [3.63, 3.8) is 0 Å². The van der Waals surface area contributed by atoms with Gasteiger partial charge in [-0.3, -0.25) is 0 Å². The summed E-state index contributed by atoms with van der Waals surface area (Å²) in [5, 5.41) is 14.3. The number of hydrogen-bond donors (Lipinski definition) is 1. The van der Waals surface area contributed by atoms with Gasteiger partial charge < -0.3 is 14.9 Å². The van der Waals surface area contributed by atoms with Gasteiger partial charge in [0.2, 0.25) is 0 Å². The maximum Gasteiger partial charge on any atom is 0.119 e. The number of fused-ring (bicyclic) bond motifs is 3. The summed E-state index contributed by atoms with van der Waals surface area (Å²) in [5.74, 6) is 0. The number of allylic oxidation sites excluding steroid dienone is 3. The number of rotatable bonds is 8. The highest BCUT2D eigenvalue weighted by molar-refractivity contribution is 9.10. The fourth-order valence-electron chi connectivity index (χ4n) is 8.33. The van der Waals surface area contributed by atoms with Crippen molar-refractivity contribution in [2.24, 2.45) is 0 Å². The molecule has 0 fully saturated rings. The van der Waals surface area contributed by atoms with E-state index in [1.807, 2.05) is 48.5 Å². The molecule has 0 aliphatic heterocycles. The second kappa shape index (κ2) is 17.1. The minimum absolute atomic E-state index is 0.242. The van der Waals surface area contributed by atoms with Crippen molar-refractivity contribution in [3.05, 3.63) is 264 Å². The minimum atomic E-state index is -1.56. The topological polar surface area (TPSA) is 26.7 Å². The lowest BCUT2D eigenvalue weighted by atomic mass is 9.76. The largest absolute Gasteiger partial charge is 0.380 e. The van der Waals surface area contributed by atoms with Crippen molar-refractivity contribution in [2.75, 3.05) is 9.80 Å². The molecule has 0 saturated carbocycles. The number of aliphatic hydroxyl groups is 1. The fourth-order valence-corrected chi connectivity index (χ4v) is 8.83. The number of nitrogens with zero attached hydrogens (tertiary/aromatic N) is 2. The summed E-state index contributed by atoms with van der Waals surface area (Å²) in [4.78, 5) is 4.50. The Balaban J connectivity index is 1.37. The van der Waals surface area contributed by atoms with Gasteiger partial charge in [0.25, 0.3) is 0 Å². The normalized spacial score (nSPS) is 16.3. The summed E-state index contributed by atoms with van der Waals surface area (Å²) in [5.41, 5.74) is 11.6. The fraction of sp³-hybridized carbons (Fsp3) is 0.0357. The van der Waals surface area contributed by atoms with E-state index in [1.165, 1.54) is 0 Å². The van der Waals surface area contributed by atoms with Gasteiger partial charge in [-0.05, 0) is 117 Å². The van der Waals surface area contributed by atoms with Crippen LogP contribution in [0.25, 0.3) is 27.8 Å². The molecule has 0 radical (unpaired) electrons. The molecule has 290 valence electrons. The average molecular weight is 840 g/mol. The van der Waals surface area contributed by atoms with Crippen LogP contribution in [0.2, 0.25) is 0 Å². The summed E-state index contributed by atoms with van der Waals surface area (Å²) in [6.45, 7) is 4.65. The molecule has 0 heterocycles. The lowest BCUT2D eigenvalue weighted by Gasteiger charge is -2.35. The van der Waals surface area contributed by atoms with Gasteiger partial charge in [0, 0.05) is 45.0 Å². The van der Waals surface area contributed by atoms with Crippen LogP contribution >= 0.6 is 15.9 Å². The van der Waals surface area contributed by atoms with E-state index in [0.29, 0.717) is 0 Å². The second-order valence-corrected chi connectivity index (χ2v) is 15.7. The first-order valence-corrected chi connectivity index (χ1v) is 21.0. The first-order valence-electron chi connectivity index (χ1n) is 20.2. The predicted octanol–water partition coefficient (Wildman–Crippen LogP) is 15.2. The van der Waals surface area contributed by atoms with Crippen LogP contribution < -0.4 is 9.80 Å². The summed E-state index contributed by atoms with van der Waals surface area (Å²) in [6, 6.07) is 73.0. The Kier molecular flexibility index (Phi) is 11.0. The first kappa shape index (κ1) is 38.5. The van der Waals surface area contributed by atoms with E-state index in [4.69, 9.17) is 0 Å². The molecule has 8 aromatic rings. The van der Waals surface area contributed by atoms with E-state index in [0.717, 1.165) is 83.1 Å². The highest BCUT2D eigenvalue weighted by atomic mass is 79.9. The number of hydrogen-bond acceptors (Lipinski definition) is 3. The molecule has 0 saturated heterocycles. The lowest BCUT2D eigenvalue weighted by molar-refractivity contribution is 0.0851. The Bertz CT molecular complexity index is 2760. The van der Waals surface area contributed by atoms with Crippen molar-refractivity contribution in [1.82, 2.24) is 0 Å². The minimum Gasteiger partial charge on any atom is -0.380 e. The molecule has 8 aromatic carbocycles. The maximum atomic E-state index is 14.3. The maximum absolute atomic E-state index is 14.3. The summed E-state index contributed by atoms with van der Waals surface area (Å²) < 4.78 is 0.950. The van der Waals surface area contributed by atoms with Crippen molar-refractivity contribution in [1.29, 1.82) is 0 Å². The van der Waals surface area contributed by atoms with E-state index >= 15 is 0 Å². The molecule has 1 aliphatic rings. The van der Waals surface area contributed by atoms with Crippen LogP contribution in [0.5, 0.6) is 0 Å². The van der Waals surface area contributed by atoms with Crippen LogP contribution in [0.15, 0.2) is 247 Å². The van der Waals surface area contributed by atoms with Gasteiger partial charge in [-0.2, -0.15) is 0 Å². The molecule has 1 N–H and O–H groups in total. The molecule has 4 heteroatoms. The van der Waals surface area contributed by atoms with E-state index in [2.05, 4.69) is 214 Å². The van der Waals surface area contributed by atoms with E-state index in [1.54, 1.807) is 0 Å². The highest BCUT2D eigenvalue weighted by Gasteiger charge is 2.37. The van der Waals surface area contributed by atoms with Gasteiger partial charge >= 0.3 is 0 Å². The van der Waals surface area contributed by atoms with Crippen molar-refractivity contribution >= 4 is 49.9 Å². The van der Waals surface area contributed by atoms with Crippen molar-refractivity contribution in [2.45, 2.75) is 12.0 Å². The van der Waals surface area contributed by atoms with Crippen molar-refractivity contribution in [3.8, 4) is 22.3 Å². The van der Waals surface area contributed by atoms with Gasteiger partial charge in [0.15, 0.2) is 0 Å². The molecule has 0 aromatic heterocycles. The third-order valence-electron chi connectivity index (χ3n) is 11.2. The highest BCUT2D eigenvalue weighted by Crippen LogP contribution is 2.49. The quantitative estimate of drug-likeness (QED) is 0.165. The SMILES string of the molecule is C=C1/C=C\C(N(c2ccccc2)c2ccccc2)=C/CC(O)(c2ccccc2-c2ccccc2Br)c2cc(N(c3ccccc3)c3ccccc3)ccc2-c2ccccc21. The molecule has 1 unspecified atom stereocenters. The zero-order valence-electron chi connectivity index (χ0n) is 33.1. The number of anilines is 5. The smallest absolute Gasteiger partial charge is 0.119 e. The molecule has 3 nitrogen and oxygen atoms in total. The molecule has 0 bridgehead atoms. The third kappa shape index (κ3) is 7.55. The molecule has 0 amide bonds. The monoisotopic (exact) mass is 838 g/mol. The molecular weight excluding hydrogens is 797 g/mol. The molecule has 1 aliphatic carbocycles. The number of para-hydroxylation sites is 4. The van der Waals surface area contributed by atoms with Crippen LogP contribution in [-0.4, -0.2) is 5.11 Å². The Labute approximate surface area is 361 Å². The molecule has 0 spiro atoms. The van der Waals surface area contributed by atoms with Gasteiger partial charge in [0.1, 0.15) is 5.60 Å². The Hall–Kier alpha value is -6.98. The third-order valence-corrected chi connectivity index (χ3v) is 11.9. The van der Waals surface area contributed by atoms with Crippen LogP contribution in [0, 0.1) is 0 Å². The zero-order chi connectivity index (χ0) is 40.9.